The van der Waals surface area contributed by atoms with E-state index in [1.165, 1.54) is 29.1 Å². The number of hydrogen-bond acceptors (Lipinski definition) is 6. The van der Waals surface area contributed by atoms with E-state index in [4.69, 9.17) is 0 Å². The minimum Gasteiger partial charge on any atom is -0.285 e. The predicted octanol–water partition coefficient (Wildman–Crippen LogP) is 2.10. The molecule has 1 fully saturated rings. The van der Waals surface area contributed by atoms with Gasteiger partial charge in [-0.2, -0.15) is 0 Å². The normalized spacial score (nSPS) is 19.4. The standard InChI is InChI=1S/C12H11N5OS2/c1-2-17-11(18)10(6-9-4-3-5-19-9)20-12(17)15-16-7-13-14-8-16/h3-8H,2H2,1H3/b10-6-,15-12-. The first-order valence-electron chi connectivity index (χ1n) is 5.96. The van der Waals surface area contributed by atoms with Crippen molar-refractivity contribution in [2.24, 2.45) is 5.10 Å². The summed E-state index contributed by atoms with van der Waals surface area (Å²) in [5.41, 5.74) is 0. The molecule has 1 aliphatic rings. The molecule has 0 radical (unpaired) electrons. The van der Waals surface area contributed by atoms with Crippen molar-refractivity contribution in [3.8, 4) is 0 Å². The first-order chi connectivity index (χ1) is 9.78. The highest BCUT2D eigenvalue weighted by atomic mass is 32.2. The molecule has 3 heterocycles. The zero-order valence-corrected chi connectivity index (χ0v) is 12.3. The Hall–Kier alpha value is -1.93. The molecule has 0 atom stereocenters. The Labute approximate surface area is 123 Å². The summed E-state index contributed by atoms with van der Waals surface area (Å²) < 4.78 is 1.49. The average molecular weight is 305 g/mol. The number of thiophene rings is 1. The number of likely N-dealkylation sites (N-methyl/N-ethyl adjacent to an activating group) is 1. The quantitative estimate of drug-likeness (QED) is 0.815. The van der Waals surface area contributed by atoms with Gasteiger partial charge in [-0.1, -0.05) is 6.07 Å². The van der Waals surface area contributed by atoms with E-state index in [1.807, 2.05) is 30.5 Å². The van der Waals surface area contributed by atoms with Gasteiger partial charge in [0, 0.05) is 11.4 Å². The number of amides is 1. The van der Waals surface area contributed by atoms with Crippen molar-refractivity contribution in [3.63, 3.8) is 0 Å². The maximum absolute atomic E-state index is 12.3. The van der Waals surface area contributed by atoms with Crippen LogP contribution in [0, 0.1) is 0 Å². The van der Waals surface area contributed by atoms with Crippen LogP contribution in [0.2, 0.25) is 0 Å². The van der Waals surface area contributed by atoms with Crippen molar-refractivity contribution in [1.82, 2.24) is 19.8 Å². The van der Waals surface area contributed by atoms with Gasteiger partial charge in [0.05, 0.1) is 4.91 Å². The number of nitrogens with zero attached hydrogens (tertiary/aromatic N) is 5. The predicted molar refractivity (Wildman–Crippen MR) is 80.1 cm³/mol. The Bertz CT molecular complexity index is 660. The molecular weight excluding hydrogens is 294 g/mol. The van der Waals surface area contributed by atoms with Crippen molar-refractivity contribution >= 4 is 40.2 Å². The lowest BCUT2D eigenvalue weighted by Gasteiger charge is -2.11. The van der Waals surface area contributed by atoms with Crippen LogP contribution >= 0.6 is 23.1 Å². The highest BCUT2D eigenvalue weighted by molar-refractivity contribution is 8.18. The summed E-state index contributed by atoms with van der Waals surface area (Å²) in [4.78, 5) is 15.7. The summed E-state index contributed by atoms with van der Waals surface area (Å²) in [7, 11) is 0. The van der Waals surface area contributed by atoms with E-state index in [0.717, 1.165) is 4.88 Å². The fourth-order valence-corrected chi connectivity index (χ4v) is 3.48. The van der Waals surface area contributed by atoms with Gasteiger partial charge in [0.25, 0.3) is 5.91 Å². The molecule has 20 heavy (non-hydrogen) atoms. The molecular formula is C12H11N5OS2. The molecule has 0 saturated carbocycles. The third-order valence-corrected chi connectivity index (χ3v) is 4.44. The van der Waals surface area contributed by atoms with E-state index in [0.29, 0.717) is 16.6 Å². The second-order valence-corrected chi connectivity index (χ2v) is 5.89. The molecule has 0 N–H and O–H groups in total. The van der Waals surface area contributed by atoms with Crippen LogP contribution in [0.25, 0.3) is 6.08 Å². The van der Waals surface area contributed by atoms with E-state index in [-0.39, 0.29) is 5.91 Å². The van der Waals surface area contributed by atoms with Crippen molar-refractivity contribution in [1.29, 1.82) is 0 Å². The molecule has 1 aliphatic heterocycles. The molecule has 1 saturated heterocycles. The highest BCUT2D eigenvalue weighted by Gasteiger charge is 2.32. The van der Waals surface area contributed by atoms with E-state index >= 15 is 0 Å². The number of carbonyl (C=O) groups is 1. The number of rotatable bonds is 3. The molecule has 102 valence electrons. The Morgan fingerprint density at radius 1 is 1.40 bits per heavy atom. The van der Waals surface area contributed by atoms with Crippen LogP contribution in [0.1, 0.15) is 11.8 Å². The van der Waals surface area contributed by atoms with Gasteiger partial charge in [-0.3, -0.25) is 9.69 Å². The van der Waals surface area contributed by atoms with Crippen LogP contribution in [0.3, 0.4) is 0 Å². The van der Waals surface area contributed by atoms with E-state index in [2.05, 4.69) is 15.3 Å². The van der Waals surface area contributed by atoms with Crippen LogP contribution < -0.4 is 0 Å². The first kappa shape index (κ1) is 13.1. The van der Waals surface area contributed by atoms with Crippen molar-refractivity contribution in [2.45, 2.75) is 6.92 Å². The van der Waals surface area contributed by atoms with Gasteiger partial charge in [0.2, 0.25) is 0 Å². The zero-order chi connectivity index (χ0) is 13.9. The van der Waals surface area contributed by atoms with Crippen LogP contribution in [0.15, 0.2) is 40.2 Å². The van der Waals surface area contributed by atoms with Crippen molar-refractivity contribution in [3.05, 3.63) is 39.9 Å². The number of thioether (sulfide) groups is 1. The topological polar surface area (TPSA) is 63.4 Å². The van der Waals surface area contributed by atoms with Gasteiger partial charge in [-0.25, -0.2) is 4.68 Å². The lowest BCUT2D eigenvalue weighted by molar-refractivity contribution is -0.122. The zero-order valence-electron chi connectivity index (χ0n) is 10.6. The number of carbonyl (C=O) groups excluding carboxylic acids is 1. The number of amidine groups is 1. The Kier molecular flexibility index (Phi) is 3.66. The lowest BCUT2D eigenvalue weighted by Crippen LogP contribution is -2.29. The van der Waals surface area contributed by atoms with E-state index < -0.39 is 0 Å². The van der Waals surface area contributed by atoms with Gasteiger partial charge in [-0.05, 0) is 36.2 Å². The Morgan fingerprint density at radius 2 is 2.20 bits per heavy atom. The molecule has 0 bridgehead atoms. The molecule has 6 nitrogen and oxygen atoms in total. The van der Waals surface area contributed by atoms with Crippen molar-refractivity contribution in [2.75, 3.05) is 6.54 Å². The lowest BCUT2D eigenvalue weighted by atomic mass is 10.4. The second kappa shape index (κ2) is 5.59. The van der Waals surface area contributed by atoms with Gasteiger partial charge >= 0.3 is 0 Å². The largest absolute Gasteiger partial charge is 0.285 e. The van der Waals surface area contributed by atoms with Gasteiger partial charge in [-0.15, -0.1) is 26.6 Å². The molecule has 2 aromatic rings. The van der Waals surface area contributed by atoms with Crippen molar-refractivity contribution < 1.29 is 4.79 Å². The Balaban J connectivity index is 1.92. The summed E-state index contributed by atoms with van der Waals surface area (Å²) >= 11 is 2.97. The first-order valence-corrected chi connectivity index (χ1v) is 7.66. The minimum absolute atomic E-state index is 0.0160. The monoisotopic (exact) mass is 305 g/mol. The maximum atomic E-state index is 12.3. The third kappa shape index (κ3) is 2.52. The number of aromatic nitrogens is 3. The van der Waals surface area contributed by atoms with Crippen LogP contribution in [-0.4, -0.2) is 37.4 Å². The van der Waals surface area contributed by atoms with E-state index in [9.17, 15) is 4.79 Å². The second-order valence-electron chi connectivity index (χ2n) is 3.90. The summed E-state index contributed by atoms with van der Waals surface area (Å²) in [6, 6.07) is 3.95. The fraction of sp³-hybridized carbons (Fsp3) is 0.167. The van der Waals surface area contributed by atoms with Gasteiger partial charge in [0.1, 0.15) is 12.7 Å². The molecule has 2 aromatic heterocycles. The molecule has 0 aliphatic carbocycles. The van der Waals surface area contributed by atoms with Crippen LogP contribution in [0.4, 0.5) is 0 Å². The molecule has 3 rings (SSSR count). The average Bonchev–Trinajstić information content (AvgIpc) is 3.15. The SMILES string of the molecule is CCN1C(=O)/C(=C/c2cccs2)S/C1=N\n1cnnc1. The molecule has 0 spiro atoms. The van der Waals surface area contributed by atoms with Gasteiger partial charge < -0.3 is 0 Å². The minimum atomic E-state index is -0.0160. The third-order valence-electron chi connectivity index (χ3n) is 2.63. The summed E-state index contributed by atoms with van der Waals surface area (Å²) in [5, 5.41) is 14.4. The smallest absolute Gasteiger partial charge is 0.266 e. The summed E-state index contributed by atoms with van der Waals surface area (Å²) in [6.07, 6.45) is 4.88. The van der Waals surface area contributed by atoms with Crippen LogP contribution in [-0.2, 0) is 4.79 Å². The molecule has 1 amide bonds. The Morgan fingerprint density at radius 3 is 2.85 bits per heavy atom. The highest BCUT2D eigenvalue weighted by Crippen LogP contribution is 2.33. The van der Waals surface area contributed by atoms with Crippen LogP contribution in [0.5, 0.6) is 0 Å². The fourth-order valence-electron chi connectivity index (χ4n) is 1.71. The summed E-state index contributed by atoms with van der Waals surface area (Å²) in [6.45, 7) is 2.50. The maximum Gasteiger partial charge on any atom is 0.266 e. The number of hydrogen-bond donors (Lipinski definition) is 0. The van der Waals surface area contributed by atoms with Gasteiger partial charge in [0.15, 0.2) is 5.17 Å². The summed E-state index contributed by atoms with van der Waals surface area (Å²) in [5.74, 6) is -0.0160. The van der Waals surface area contributed by atoms with E-state index in [1.54, 1.807) is 16.2 Å². The molecule has 8 heteroatoms. The molecule has 0 unspecified atom stereocenters. The molecule has 0 aromatic carbocycles.